The first-order valence-electron chi connectivity index (χ1n) is 7.75. The highest BCUT2D eigenvalue weighted by molar-refractivity contribution is 5.85. The van der Waals surface area contributed by atoms with Crippen molar-refractivity contribution in [2.75, 3.05) is 6.54 Å². The van der Waals surface area contributed by atoms with Crippen molar-refractivity contribution in [1.29, 1.82) is 0 Å². The monoisotopic (exact) mass is 281 g/mol. The Bertz CT molecular complexity index is 352. The van der Waals surface area contributed by atoms with E-state index in [-0.39, 0.29) is 5.91 Å². The quantitative estimate of drug-likeness (QED) is 0.672. The molecule has 0 spiro atoms. The van der Waals surface area contributed by atoms with Crippen LogP contribution in [0.2, 0.25) is 0 Å². The molecule has 0 saturated carbocycles. The lowest BCUT2D eigenvalue weighted by atomic mass is 9.82. The van der Waals surface area contributed by atoms with Gasteiger partial charge in [-0.2, -0.15) is 0 Å². The van der Waals surface area contributed by atoms with Crippen molar-refractivity contribution in [3.63, 3.8) is 0 Å². The van der Waals surface area contributed by atoms with E-state index in [4.69, 9.17) is 0 Å². The number of carbonyl (C=O) groups excluding carboxylic acids is 1. The third-order valence-electron chi connectivity index (χ3n) is 4.19. The van der Waals surface area contributed by atoms with Crippen molar-refractivity contribution in [2.24, 2.45) is 17.8 Å². The SMILES string of the molecule is CCCC[C@@H](CC)CNC(=O)[C@@H]1CC=CC[C@@H]1C(=O)O. The number of rotatable bonds is 8. The molecule has 0 aromatic rings. The van der Waals surface area contributed by atoms with Gasteiger partial charge >= 0.3 is 5.97 Å². The molecule has 4 nitrogen and oxygen atoms in total. The van der Waals surface area contributed by atoms with Gasteiger partial charge in [0, 0.05) is 6.54 Å². The second-order valence-electron chi connectivity index (χ2n) is 5.66. The van der Waals surface area contributed by atoms with Crippen LogP contribution in [0.15, 0.2) is 12.2 Å². The van der Waals surface area contributed by atoms with E-state index in [9.17, 15) is 14.7 Å². The Morgan fingerprint density at radius 3 is 2.45 bits per heavy atom. The smallest absolute Gasteiger partial charge is 0.307 e. The molecule has 1 aliphatic carbocycles. The summed E-state index contributed by atoms with van der Waals surface area (Å²) < 4.78 is 0. The van der Waals surface area contributed by atoms with Crippen LogP contribution in [-0.4, -0.2) is 23.5 Å². The molecule has 2 N–H and O–H groups in total. The summed E-state index contributed by atoms with van der Waals surface area (Å²) in [4.78, 5) is 23.4. The van der Waals surface area contributed by atoms with Gasteiger partial charge in [-0.15, -0.1) is 0 Å². The van der Waals surface area contributed by atoms with Gasteiger partial charge in [-0.1, -0.05) is 45.3 Å². The first-order chi connectivity index (χ1) is 9.60. The normalized spacial score (nSPS) is 23.3. The molecule has 0 heterocycles. The maximum atomic E-state index is 12.2. The lowest BCUT2D eigenvalue weighted by molar-refractivity contribution is -0.147. The van der Waals surface area contributed by atoms with Crippen molar-refractivity contribution in [3.8, 4) is 0 Å². The van der Waals surface area contributed by atoms with E-state index in [1.54, 1.807) is 0 Å². The average molecular weight is 281 g/mol. The lowest BCUT2D eigenvalue weighted by Gasteiger charge is -2.25. The Kier molecular flexibility index (Phi) is 7.34. The Morgan fingerprint density at radius 1 is 1.25 bits per heavy atom. The molecule has 0 aromatic heterocycles. The largest absolute Gasteiger partial charge is 0.481 e. The number of aliphatic carboxylic acids is 1. The van der Waals surface area contributed by atoms with E-state index in [0.717, 1.165) is 12.8 Å². The molecule has 0 unspecified atom stereocenters. The van der Waals surface area contributed by atoms with E-state index in [2.05, 4.69) is 19.2 Å². The van der Waals surface area contributed by atoms with Crippen molar-refractivity contribution in [3.05, 3.63) is 12.2 Å². The van der Waals surface area contributed by atoms with Gasteiger partial charge < -0.3 is 10.4 Å². The van der Waals surface area contributed by atoms with Crippen LogP contribution in [0, 0.1) is 17.8 Å². The van der Waals surface area contributed by atoms with Gasteiger partial charge in [0.15, 0.2) is 0 Å². The van der Waals surface area contributed by atoms with Gasteiger partial charge in [-0.05, 0) is 25.2 Å². The number of unbranched alkanes of at least 4 members (excludes halogenated alkanes) is 1. The second kappa shape index (κ2) is 8.77. The molecule has 0 radical (unpaired) electrons. The minimum Gasteiger partial charge on any atom is -0.481 e. The van der Waals surface area contributed by atoms with E-state index >= 15 is 0 Å². The number of amides is 1. The Morgan fingerprint density at radius 2 is 1.90 bits per heavy atom. The third kappa shape index (κ3) is 4.99. The van der Waals surface area contributed by atoms with E-state index in [1.807, 2.05) is 12.2 Å². The zero-order chi connectivity index (χ0) is 15.0. The van der Waals surface area contributed by atoms with Crippen LogP contribution < -0.4 is 5.32 Å². The number of hydrogen-bond donors (Lipinski definition) is 2. The van der Waals surface area contributed by atoms with Crippen LogP contribution >= 0.6 is 0 Å². The lowest BCUT2D eigenvalue weighted by Crippen LogP contribution is -2.40. The van der Waals surface area contributed by atoms with E-state index < -0.39 is 17.8 Å². The second-order valence-corrected chi connectivity index (χ2v) is 5.66. The highest BCUT2D eigenvalue weighted by atomic mass is 16.4. The molecule has 4 heteroatoms. The van der Waals surface area contributed by atoms with Gasteiger partial charge in [0.2, 0.25) is 5.91 Å². The van der Waals surface area contributed by atoms with Crippen molar-refractivity contribution >= 4 is 11.9 Å². The summed E-state index contributed by atoms with van der Waals surface area (Å²) in [5.41, 5.74) is 0. The van der Waals surface area contributed by atoms with Crippen LogP contribution in [0.1, 0.15) is 52.4 Å². The number of carboxylic acids is 1. The maximum Gasteiger partial charge on any atom is 0.307 e. The predicted octanol–water partition coefficient (Wildman–Crippen LogP) is 2.99. The zero-order valence-corrected chi connectivity index (χ0v) is 12.6. The first-order valence-corrected chi connectivity index (χ1v) is 7.75. The third-order valence-corrected chi connectivity index (χ3v) is 4.19. The van der Waals surface area contributed by atoms with Crippen molar-refractivity contribution in [1.82, 2.24) is 5.32 Å². The Hall–Kier alpha value is -1.32. The molecule has 0 aliphatic heterocycles. The molecule has 0 aromatic carbocycles. The summed E-state index contributed by atoms with van der Waals surface area (Å²) in [7, 11) is 0. The molecule has 0 bridgehead atoms. The minimum atomic E-state index is -0.868. The summed E-state index contributed by atoms with van der Waals surface area (Å²) in [6.07, 6.45) is 9.29. The number of carbonyl (C=O) groups is 2. The van der Waals surface area contributed by atoms with Crippen LogP contribution in [0.5, 0.6) is 0 Å². The van der Waals surface area contributed by atoms with Crippen molar-refractivity contribution in [2.45, 2.75) is 52.4 Å². The average Bonchev–Trinajstić information content (AvgIpc) is 2.47. The van der Waals surface area contributed by atoms with Gasteiger partial charge in [0.05, 0.1) is 11.8 Å². The van der Waals surface area contributed by atoms with Gasteiger partial charge in [-0.3, -0.25) is 9.59 Å². The Balaban J connectivity index is 2.48. The fourth-order valence-corrected chi connectivity index (χ4v) is 2.70. The summed E-state index contributed by atoms with van der Waals surface area (Å²) in [6.45, 7) is 4.97. The molecule has 3 atom stereocenters. The molecule has 0 saturated heterocycles. The van der Waals surface area contributed by atoms with E-state index in [0.29, 0.717) is 25.3 Å². The van der Waals surface area contributed by atoms with Crippen LogP contribution in [-0.2, 0) is 9.59 Å². The van der Waals surface area contributed by atoms with Crippen LogP contribution in [0.3, 0.4) is 0 Å². The summed E-state index contributed by atoms with van der Waals surface area (Å²) in [5.74, 6) is -1.46. The molecular formula is C16H27NO3. The molecule has 20 heavy (non-hydrogen) atoms. The van der Waals surface area contributed by atoms with Gasteiger partial charge in [0.25, 0.3) is 0 Å². The molecule has 114 valence electrons. The minimum absolute atomic E-state index is 0.100. The number of allylic oxidation sites excluding steroid dienone is 2. The highest BCUT2D eigenvalue weighted by Crippen LogP contribution is 2.26. The Labute approximate surface area is 121 Å². The number of hydrogen-bond acceptors (Lipinski definition) is 2. The highest BCUT2D eigenvalue weighted by Gasteiger charge is 2.33. The van der Waals surface area contributed by atoms with Crippen molar-refractivity contribution < 1.29 is 14.7 Å². The van der Waals surface area contributed by atoms with Crippen LogP contribution in [0.25, 0.3) is 0 Å². The maximum absolute atomic E-state index is 12.2. The predicted molar refractivity (Wildman–Crippen MR) is 79.3 cm³/mol. The topological polar surface area (TPSA) is 66.4 Å². The molecule has 1 aliphatic rings. The van der Waals surface area contributed by atoms with E-state index in [1.165, 1.54) is 12.8 Å². The fraction of sp³-hybridized carbons (Fsp3) is 0.750. The fourth-order valence-electron chi connectivity index (χ4n) is 2.70. The first kappa shape index (κ1) is 16.7. The number of carboxylic acid groups (broad SMARTS) is 1. The zero-order valence-electron chi connectivity index (χ0n) is 12.6. The van der Waals surface area contributed by atoms with Gasteiger partial charge in [-0.25, -0.2) is 0 Å². The standard InChI is InChI=1S/C16H27NO3/c1-3-5-8-12(4-2)11-17-15(18)13-9-6-7-10-14(13)16(19)20/h6-7,12-14H,3-5,8-11H2,1-2H3,(H,17,18)(H,19,20)/t12-,13-,14+/m1/s1. The summed E-state index contributed by atoms with van der Waals surface area (Å²) in [5, 5.41) is 12.1. The van der Waals surface area contributed by atoms with Crippen LogP contribution in [0.4, 0.5) is 0 Å². The molecule has 0 fully saturated rings. The molecular weight excluding hydrogens is 254 g/mol. The summed E-state index contributed by atoms with van der Waals surface area (Å²) in [6, 6.07) is 0. The molecule has 1 amide bonds. The molecule has 1 rings (SSSR count). The summed E-state index contributed by atoms with van der Waals surface area (Å²) >= 11 is 0. The van der Waals surface area contributed by atoms with Gasteiger partial charge in [0.1, 0.15) is 0 Å². The number of nitrogens with one attached hydrogen (secondary N) is 1.